The Morgan fingerprint density at radius 3 is 2.71 bits per heavy atom. The SMILES string of the molecule is O=C(NCc1nncn1C1CC1)c1cccc(S(=O)(=O)N2CCc3ccccc3C2)c1. The predicted molar refractivity (Wildman–Crippen MR) is 114 cm³/mol. The number of hydrogen-bond donors (Lipinski definition) is 1. The number of fused-ring (bicyclic) bond motifs is 1. The summed E-state index contributed by atoms with van der Waals surface area (Å²) in [7, 11) is -3.70. The molecular formula is C22H23N5O3S. The van der Waals surface area contributed by atoms with Crippen LogP contribution in [0.15, 0.2) is 59.8 Å². The normalized spacial score (nSPS) is 16.6. The maximum Gasteiger partial charge on any atom is 0.251 e. The fourth-order valence-electron chi connectivity index (χ4n) is 3.93. The van der Waals surface area contributed by atoms with Crippen molar-refractivity contribution < 1.29 is 13.2 Å². The highest BCUT2D eigenvalue weighted by atomic mass is 32.2. The minimum atomic E-state index is -3.70. The molecule has 1 aromatic heterocycles. The van der Waals surface area contributed by atoms with Crippen LogP contribution in [-0.4, -0.2) is 39.9 Å². The van der Waals surface area contributed by atoms with Crippen molar-refractivity contribution >= 4 is 15.9 Å². The summed E-state index contributed by atoms with van der Waals surface area (Å²) in [5.41, 5.74) is 2.50. The molecule has 1 aliphatic carbocycles. The molecule has 1 N–H and O–H groups in total. The lowest BCUT2D eigenvalue weighted by molar-refractivity contribution is 0.0949. The Kier molecular flexibility index (Phi) is 5.07. The van der Waals surface area contributed by atoms with Gasteiger partial charge in [-0.05, 0) is 48.6 Å². The van der Waals surface area contributed by atoms with Gasteiger partial charge in [0.05, 0.1) is 11.4 Å². The number of carbonyl (C=O) groups excluding carboxylic acids is 1. The Morgan fingerprint density at radius 1 is 1.10 bits per heavy atom. The molecule has 0 radical (unpaired) electrons. The molecular weight excluding hydrogens is 414 g/mol. The molecule has 2 heterocycles. The van der Waals surface area contributed by atoms with Crippen molar-refractivity contribution in [2.75, 3.05) is 6.54 Å². The molecule has 1 fully saturated rings. The van der Waals surface area contributed by atoms with Crippen molar-refractivity contribution in [3.63, 3.8) is 0 Å². The molecule has 2 aromatic carbocycles. The van der Waals surface area contributed by atoms with Gasteiger partial charge in [0.15, 0.2) is 5.82 Å². The first kappa shape index (κ1) is 19.9. The largest absolute Gasteiger partial charge is 0.345 e. The molecule has 160 valence electrons. The molecule has 5 rings (SSSR count). The average molecular weight is 438 g/mol. The van der Waals surface area contributed by atoms with Crippen LogP contribution < -0.4 is 5.32 Å². The second-order valence-electron chi connectivity index (χ2n) is 7.95. The van der Waals surface area contributed by atoms with Crippen LogP contribution in [0.25, 0.3) is 0 Å². The van der Waals surface area contributed by atoms with Crippen molar-refractivity contribution in [2.45, 2.75) is 43.3 Å². The van der Waals surface area contributed by atoms with Crippen molar-refractivity contribution in [1.82, 2.24) is 24.4 Å². The summed E-state index contributed by atoms with van der Waals surface area (Å²) < 4.78 is 29.9. The van der Waals surface area contributed by atoms with E-state index in [1.165, 1.54) is 22.0 Å². The van der Waals surface area contributed by atoms with Crippen LogP contribution in [0.5, 0.6) is 0 Å². The highest BCUT2D eigenvalue weighted by Crippen LogP contribution is 2.35. The molecule has 3 aromatic rings. The molecule has 1 aliphatic heterocycles. The smallest absolute Gasteiger partial charge is 0.251 e. The first-order valence-electron chi connectivity index (χ1n) is 10.4. The van der Waals surface area contributed by atoms with Gasteiger partial charge in [0.25, 0.3) is 5.91 Å². The minimum absolute atomic E-state index is 0.126. The average Bonchev–Trinajstić information content (AvgIpc) is 3.54. The molecule has 0 atom stereocenters. The standard InChI is InChI=1S/C22H23N5O3S/c28-22(23-13-21-25-24-15-27(21)19-8-9-19)17-6-3-7-20(12-17)31(29,30)26-11-10-16-4-1-2-5-18(16)14-26/h1-7,12,15,19H,8-11,13-14H2,(H,23,28). The van der Waals surface area contributed by atoms with Crippen LogP contribution in [0.2, 0.25) is 0 Å². The van der Waals surface area contributed by atoms with Gasteiger partial charge in [-0.25, -0.2) is 8.42 Å². The molecule has 1 amide bonds. The number of rotatable bonds is 6. The zero-order valence-electron chi connectivity index (χ0n) is 16.9. The van der Waals surface area contributed by atoms with Crippen LogP contribution in [0.4, 0.5) is 0 Å². The van der Waals surface area contributed by atoms with Gasteiger partial charge in [0, 0.05) is 24.7 Å². The first-order chi connectivity index (χ1) is 15.0. The van der Waals surface area contributed by atoms with E-state index in [0.717, 1.165) is 18.4 Å². The molecule has 2 aliphatic rings. The number of nitrogens with zero attached hydrogens (tertiary/aromatic N) is 4. The summed E-state index contributed by atoms with van der Waals surface area (Å²) in [5.74, 6) is 0.359. The summed E-state index contributed by atoms with van der Waals surface area (Å²) in [6.45, 7) is 1.01. The lowest BCUT2D eigenvalue weighted by Gasteiger charge is -2.28. The Morgan fingerprint density at radius 2 is 1.90 bits per heavy atom. The van der Waals surface area contributed by atoms with E-state index in [1.54, 1.807) is 18.5 Å². The maximum absolute atomic E-state index is 13.2. The summed E-state index contributed by atoms with van der Waals surface area (Å²) in [4.78, 5) is 12.8. The lowest BCUT2D eigenvalue weighted by atomic mass is 10.0. The maximum atomic E-state index is 13.2. The van der Waals surface area contributed by atoms with E-state index in [0.29, 0.717) is 36.9 Å². The fraction of sp³-hybridized carbons (Fsp3) is 0.318. The van der Waals surface area contributed by atoms with E-state index in [2.05, 4.69) is 15.5 Å². The Balaban J connectivity index is 1.31. The molecule has 0 bridgehead atoms. The fourth-order valence-corrected chi connectivity index (χ4v) is 5.40. The van der Waals surface area contributed by atoms with Gasteiger partial charge in [0.2, 0.25) is 10.0 Å². The number of benzene rings is 2. The topological polar surface area (TPSA) is 97.2 Å². The van der Waals surface area contributed by atoms with E-state index in [9.17, 15) is 13.2 Å². The summed E-state index contributed by atoms with van der Waals surface area (Å²) >= 11 is 0. The number of amides is 1. The lowest BCUT2D eigenvalue weighted by Crippen LogP contribution is -2.36. The van der Waals surface area contributed by atoms with E-state index in [4.69, 9.17) is 0 Å². The zero-order chi connectivity index (χ0) is 21.4. The monoisotopic (exact) mass is 437 g/mol. The first-order valence-corrected chi connectivity index (χ1v) is 11.8. The summed E-state index contributed by atoms with van der Waals surface area (Å²) in [6, 6.07) is 14.5. The van der Waals surface area contributed by atoms with E-state index in [-0.39, 0.29) is 17.3 Å². The third kappa shape index (κ3) is 3.98. The third-order valence-corrected chi connectivity index (χ3v) is 7.67. The zero-order valence-corrected chi connectivity index (χ0v) is 17.8. The van der Waals surface area contributed by atoms with Crippen molar-refractivity contribution in [1.29, 1.82) is 0 Å². The van der Waals surface area contributed by atoms with Gasteiger partial charge < -0.3 is 9.88 Å². The van der Waals surface area contributed by atoms with Crippen LogP contribution in [-0.2, 0) is 29.5 Å². The number of nitrogens with one attached hydrogen (secondary N) is 1. The Bertz CT molecular complexity index is 1230. The van der Waals surface area contributed by atoms with Crippen molar-refractivity contribution in [3.8, 4) is 0 Å². The number of hydrogen-bond acceptors (Lipinski definition) is 5. The molecule has 0 saturated heterocycles. The van der Waals surface area contributed by atoms with Gasteiger partial charge in [-0.15, -0.1) is 10.2 Å². The summed E-state index contributed by atoms with van der Waals surface area (Å²) in [5, 5.41) is 10.8. The van der Waals surface area contributed by atoms with Crippen LogP contribution >= 0.6 is 0 Å². The quantitative estimate of drug-likeness (QED) is 0.638. The van der Waals surface area contributed by atoms with Gasteiger partial charge in [-0.2, -0.15) is 4.31 Å². The molecule has 8 nitrogen and oxygen atoms in total. The minimum Gasteiger partial charge on any atom is -0.345 e. The van der Waals surface area contributed by atoms with Gasteiger partial charge >= 0.3 is 0 Å². The Hall–Kier alpha value is -3.04. The highest BCUT2D eigenvalue weighted by molar-refractivity contribution is 7.89. The second-order valence-corrected chi connectivity index (χ2v) is 9.89. The van der Waals surface area contributed by atoms with Gasteiger partial charge in [0.1, 0.15) is 6.33 Å². The van der Waals surface area contributed by atoms with Crippen LogP contribution in [0.3, 0.4) is 0 Å². The van der Waals surface area contributed by atoms with Crippen LogP contribution in [0, 0.1) is 0 Å². The van der Waals surface area contributed by atoms with E-state index < -0.39 is 10.0 Å². The molecule has 1 saturated carbocycles. The van der Waals surface area contributed by atoms with Crippen LogP contribution in [0.1, 0.15) is 46.2 Å². The number of aromatic nitrogens is 3. The van der Waals surface area contributed by atoms with E-state index >= 15 is 0 Å². The van der Waals surface area contributed by atoms with E-state index in [1.807, 2.05) is 28.8 Å². The predicted octanol–water partition coefficient (Wildman–Crippen LogP) is 2.29. The second kappa shape index (κ2) is 7.90. The molecule has 0 spiro atoms. The summed E-state index contributed by atoms with van der Waals surface area (Å²) in [6.07, 6.45) is 4.56. The molecule has 0 unspecified atom stereocenters. The van der Waals surface area contributed by atoms with Gasteiger partial charge in [-0.3, -0.25) is 4.79 Å². The number of sulfonamides is 1. The third-order valence-electron chi connectivity index (χ3n) is 5.82. The van der Waals surface area contributed by atoms with Gasteiger partial charge in [-0.1, -0.05) is 30.3 Å². The van der Waals surface area contributed by atoms with Crippen molar-refractivity contribution in [3.05, 3.63) is 77.4 Å². The Labute approximate surface area is 181 Å². The van der Waals surface area contributed by atoms with Crippen molar-refractivity contribution in [2.24, 2.45) is 0 Å². The number of carbonyl (C=O) groups is 1. The molecule has 31 heavy (non-hydrogen) atoms. The molecule has 9 heteroatoms. The highest BCUT2D eigenvalue weighted by Gasteiger charge is 2.29.